The maximum atomic E-state index is 12.9. The number of hydrogen-bond acceptors (Lipinski definition) is 3. The Kier molecular flexibility index (Phi) is 6.30. The van der Waals surface area contributed by atoms with Gasteiger partial charge in [0.1, 0.15) is 0 Å². The number of piperazine rings is 1. The van der Waals surface area contributed by atoms with Crippen LogP contribution in [0, 0.1) is 5.92 Å². The van der Waals surface area contributed by atoms with Crippen LogP contribution >= 0.6 is 0 Å². The van der Waals surface area contributed by atoms with Gasteiger partial charge in [-0.1, -0.05) is 30.3 Å². The van der Waals surface area contributed by atoms with Crippen molar-refractivity contribution in [2.24, 2.45) is 5.92 Å². The monoisotopic (exact) mass is 383 g/mol. The van der Waals surface area contributed by atoms with Crippen LogP contribution in [0.25, 0.3) is 0 Å². The summed E-state index contributed by atoms with van der Waals surface area (Å²) in [5.74, 6) is 1.67. The molecule has 0 radical (unpaired) electrons. The summed E-state index contributed by atoms with van der Waals surface area (Å²) in [6, 6.07) is 11.0. The van der Waals surface area contributed by atoms with Gasteiger partial charge < -0.3 is 15.1 Å². The molecule has 1 unspecified atom stereocenters. The molecule has 1 aromatic rings. The highest BCUT2D eigenvalue weighted by molar-refractivity contribution is 5.80. The van der Waals surface area contributed by atoms with E-state index >= 15 is 0 Å². The van der Waals surface area contributed by atoms with Gasteiger partial charge in [-0.25, -0.2) is 0 Å². The highest BCUT2D eigenvalue weighted by Gasteiger charge is 2.32. The second-order valence-corrected chi connectivity index (χ2v) is 8.73. The largest absolute Gasteiger partial charge is 0.341 e. The van der Waals surface area contributed by atoms with E-state index in [4.69, 9.17) is 0 Å². The van der Waals surface area contributed by atoms with Crippen molar-refractivity contribution in [3.05, 3.63) is 35.9 Å². The van der Waals surface area contributed by atoms with Crippen molar-refractivity contribution >= 4 is 11.8 Å². The van der Waals surface area contributed by atoms with E-state index in [0.29, 0.717) is 30.7 Å². The molecule has 152 valence electrons. The summed E-state index contributed by atoms with van der Waals surface area (Å²) < 4.78 is 0. The van der Waals surface area contributed by atoms with Crippen LogP contribution in [0.15, 0.2) is 30.3 Å². The number of carbonyl (C=O) groups is 2. The van der Waals surface area contributed by atoms with Gasteiger partial charge in [-0.05, 0) is 55.9 Å². The molecule has 2 heterocycles. The van der Waals surface area contributed by atoms with Crippen molar-refractivity contribution in [3.8, 4) is 0 Å². The molecule has 5 heteroatoms. The minimum atomic E-state index is 0.185. The third-order valence-corrected chi connectivity index (χ3v) is 6.90. The summed E-state index contributed by atoms with van der Waals surface area (Å²) in [5, 5.41) is 3.14. The van der Waals surface area contributed by atoms with E-state index in [1.54, 1.807) is 0 Å². The summed E-state index contributed by atoms with van der Waals surface area (Å²) in [6.07, 6.45) is 7.41. The Morgan fingerprint density at radius 1 is 1.04 bits per heavy atom. The van der Waals surface area contributed by atoms with Gasteiger partial charge in [0.15, 0.2) is 0 Å². The van der Waals surface area contributed by atoms with E-state index in [2.05, 4.69) is 35.6 Å². The van der Waals surface area contributed by atoms with E-state index in [1.807, 2.05) is 9.80 Å². The van der Waals surface area contributed by atoms with Crippen LogP contribution in [0.3, 0.4) is 0 Å². The van der Waals surface area contributed by atoms with E-state index in [-0.39, 0.29) is 11.9 Å². The first-order valence-electron chi connectivity index (χ1n) is 11.0. The summed E-state index contributed by atoms with van der Waals surface area (Å²) in [5.41, 5.74) is 1.45. The van der Waals surface area contributed by atoms with Crippen LogP contribution in [0.4, 0.5) is 0 Å². The zero-order valence-electron chi connectivity index (χ0n) is 16.8. The van der Waals surface area contributed by atoms with Crippen LogP contribution < -0.4 is 5.32 Å². The third-order valence-electron chi connectivity index (χ3n) is 6.90. The summed E-state index contributed by atoms with van der Waals surface area (Å²) in [6.45, 7) is 3.66. The van der Waals surface area contributed by atoms with Crippen molar-refractivity contribution in [1.29, 1.82) is 0 Å². The first-order valence-corrected chi connectivity index (χ1v) is 11.0. The maximum Gasteiger partial charge on any atom is 0.236 e. The highest BCUT2D eigenvalue weighted by atomic mass is 16.2. The van der Waals surface area contributed by atoms with Crippen molar-refractivity contribution in [2.75, 3.05) is 32.7 Å². The van der Waals surface area contributed by atoms with Crippen molar-refractivity contribution in [2.45, 2.75) is 56.9 Å². The molecule has 1 atom stereocenters. The third kappa shape index (κ3) is 4.57. The van der Waals surface area contributed by atoms with E-state index < -0.39 is 0 Å². The normalized spacial score (nSPS) is 29.0. The summed E-state index contributed by atoms with van der Waals surface area (Å²) in [4.78, 5) is 29.2. The molecular weight excluding hydrogens is 350 g/mol. The Balaban J connectivity index is 1.26. The fourth-order valence-corrected chi connectivity index (χ4v) is 5.24. The molecule has 0 bridgehead atoms. The van der Waals surface area contributed by atoms with Gasteiger partial charge in [0.2, 0.25) is 11.8 Å². The van der Waals surface area contributed by atoms with Gasteiger partial charge in [-0.15, -0.1) is 0 Å². The molecule has 1 N–H and O–H groups in total. The number of likely N-dealkylation sites (tertiary alicyclic amines) is 1. The summed E-state index contributed by atoms with van der Waals surface area (Å²) in [7, 11) is 0. The lowest BCUT2D eigenvalue weighted by Crippen LogP contribution is -2.57. The number of piperidine rings is 1. The molecule has 28 heavy (non-hydrogen) atoms. The lowest BCUT2D eigenvalue weighted by Gasteiger charge is -2.41. The van der Waals surface area contributed by atoms with Crippen molar-refractivity contribution < 1.29 is 9.59 Å². The second-order valence-electron chi connectivity index (χ2n) is 8.73. The lowest BCUT2D eigenvalue weighted by atomic mass is 9.77. The fourth-order valence-electron chi connectivity index (χ4n) is 5.24. The quantitative estimate of drug-likeness (QED) is 0.870. The standard InChI is InChI=1S/C23H33N3O2/c27-22(15-18-8-10-20(11-9-18)19-5-2-1-3-6-19)25-13-4-7-21(17-25)26-14-12-24-16-23(26)28/h1-3,5-6,18,20-21,24H,4,7-17H2. The van der Waals surface area contributed by atoms with Gasteiger partial charge >= 0.3 is 0 Å². The fraction of sp³-hybridized carbons (Fsp3) is 0.652. The van der Waals surface area contributed by atoms with E-state index in [9.17, 15) is 9.59 Å². The summed E-state index contributed by atoms with van der Waals surface area (Å²) >= 11 is 0. The Morgan fingerprint density at radius 3 is 2.57 bits per heavy atom. The van der Waals surface area contributed by atoms with E-state index in [1.165, 1.54) is 18.4 Å². The van der Waals surface area contributed by atoms with Crippen LogP contribution in [-0.4, -0.2) is 60.4 Å². The molecular formula is C23H33N3O2. The maximum absolute atomic E-state index is 12.9. The lowest BCUT2D eigenvalue weighted by molar-refractivity contribution is -0.141. The topological polar surface area (TPSA) is 52.7 Å². The first-order chi connectivity index (χ1) is 13.7. The zero-order valence-corrected chi connectivity index (χ0v) is 16.8. The molecule has 0 spiro atoms. The Bertz CT molecular complexity index is 670. The molecule has 2 saturated heterocycles. The number of nitrogens with one attached hydrogen (secondary N) is 1. The average Bonchev–Trinajstić information content (AvgIpc) is 2.75. The number of nitrogens with zero attached hydrogens (tertiary/aromatic N) is 2. The highest BCUT2D eigenvalue weighted by Crippen LogP contribution is 2.37. The molecule has 3 aliphatic rings. The molecule has 5 nitrogen and oxygen atoms in total. The molecule has 0 aromatic heterocycles. The number of amides is 2. The molecule has 1 aromatic carbocycles. The van der Waals surface area contributed by atoms with Crippen LogP contribution in [-0.2, 0) is 9.59 Å². The molecule has 2 amide bonds. The van der Waals surface area contributed by atoms with Crippen LogP contribution in [0.5, 0.6) is 0 Å². The van der Waals surface area contributed by atoms with Gasteiger partial charge in [0, 0.05) is 38.6 Å². The SMILES string of the molecule is O=C(CC1CCC(c2ccccc2)CC1)N1CCCC(N2CCNCC2=O)C1. The molecule has 3 fully saturated rings. The Morgan fingerprint density at radius 2 is 1.82 bits per heavy atom. The smallest absolute Gasteiger partial charge is 0.236 e. The Hall–Kier alpha value is -1.88. The number of rotatable bonds is 4. The molecule has 4 rings (SSSR count). The Labute approximate surface area is 168 Å². The van der Waals surface area contributed by atoms with E-state index in [0.717, 1.165) is 51.9 Å². The zero-order chi connectivity index (χ0) is 19.3. The van der Waals surface area contributed by atoms with Gasteiger partial charge in [0.25, 0.3) is 0 Å². The van der Waals surface area contributed by atoms with Gasteiger partial charge in [-0.3, -0.25) is 9.59 Å². The van der Waals surface area contributed by atoms with Crippen LogP contribution in [0.2, 0.25) is 0 Å². The minimum Gasteiger partial charge on any atom is -0.341 e. The number of hydrogen-bond donors (Lipinski definition) is 1. The predicted octanol–water partition coefficient (Wildman–Crippen LogP) is 2.77. The number of carbonyl (C=O) groups excluding carboxylic acids is 2. The second kappa shape index (κ2) is 9.08. The molecule has 1 aliphatic carbocycles. The van der Waals surface area contributed by atoms with Crippen molar-refractivity contribution in [3.63, 3.8) is 0 Å². The van der Waals surface area contributed by atoms with Crippen molar-refractivity contribution in [1.82, 2.24) is 15.1 Å². The van der Waals surface area contributed by atoms with Gasteiger partial charge in [-0.2, -0.15) is 0 Å². The number of benzene rings is 1. The first kappa shape index (κ1) is 19.4. The average molecular weight is 384 g/mol. The predicted molar refractivity (Wildman–Crippen MR) is 110 cm³/mol. The molecule has 1 saturated carbocycles. The minimum absolute atomic E-state index is 0.185. The van der Waals surface area contributed by atoms with Crippen LogP contribution in [0.1, 0.15) is 56.4 Å². The van der Waals surface area contributed by atoms with Gasteiger partial charge in [0.05, 0.1) is 6.54 Å². The molecule has 2 aliphatic heterocycles.